The van der Waals surface area contributed by atoms with Crippen LogP contribution >= 0.6 is 0 Å². The van der Waals surface area contributed by atoms with Gasteiger partial charge in [-0.25, -0.2) is 0 Å². The van der Waals surface area contributed by atoms with E-state index in [4.69, 9.17) is 4.74 Å². The Balaban J connectivity index is 2.75. The molecule has 1 N–H and O–H groups in total. The Labute approximate surface area is 98.0 Å². The summed E-state index contributed by atoms with van der Waals surface area (Å²) in [4.78, 5) is 9.58. The highest BCUT2D eigenvalue weighted by Crippen LogP contribution is 2.23. The molecule has 0 saturated carbocycles. The summed E-state index contributed by atoms with van der Waals surface area (Å²) in [5.74, 6) is -0.800. The maximum Gasteiger partial charge on any atom is 0.305 e. The van der Waals surface area contributed by atoms with Crippen LogP contribution in [0.5, 0.6) is 5.75 Å². The zero-order chi connectivity index (χ0) is 13.1. The Morgan fingerprint density at radius 2 is 2.24 bits per heavy atom. The SMILES string of the molecule is CCC(C)(O)COc1ccc([N+](=O)[O-])c(F)c1. The molecule has 0 amide bonds. The molecule has 1 rings (SSSR count). The predicted octanol–water partition coefficient (Wildman–Crippen LogP) is 2.27. The van der Waals surface area contributed by atoms with Crippen molar-refractivity contribution in [2.24, 2.45) is 0 Å². The van der Waals surface area contributed by atoms with Gasteiger partial charge in [0.1, 0.15) is 12.4 Å². The zero-order valence-corrected chi connectivity index (χ0v) is 9.64. The van der Waals surface area contributed by atoms with Gasteiger partial charge < -0.3 is 9.84 Å². The lowest BCUT2D eigenvalue weighted by atomic mass is 10.1. The van der Waals surface area contributed by atoms with Gasteiger partial charge in [0, 0.05) is 12.1 Å². The standard InChI is InChI=1S/C11H14FNO4/c1-3-11(2,14)7-17-8-4-5-10(13(15)16)9(12)6-8/h4-6,14H,3,7H2,1-2H3. The summed E-state index contributed by atoms with van der Waals surface area (Å²) >= 11 is 0. The van der Waals surface area contributed by atoms with E-state index in [2.05, 4.69) is 0 Å². The lowest BCUT2D eigenvalue weighted by molar-refractivity contribution is -0.387. The summed E-state index contributed by atoms with van der Waals surface area (Å²) in [5.41, 5.74) is -1.60. The quantitative estimate of drug-likeness (QED) is 0.636. The topological polar surface area (TPSA) is 72.6 Å². The molecule has 1 aromatic rings. The monoisotopic (exact) mass is 243 g/mol. The second-order valence-electron chi connectivity index (χ2n) is 4.01. The van der Waals surface area contributed by atoms with Gasteiger partial charge >= 0.3 is 5.69 Å². The van der Waals surface area contributed by atoms with E-state index in [-0.39, 0.29) is 12.4 Å². The molecule has 0 radical (unpaired) electrons. The van der Waals surface area contributed by atoms with E-state index < -0.39 is 22.0 Å². The molecule has 94 valence electrons. The Kier molecular flexibility index (Phi) is 4.01. The highest BCUT2D eigenvalue weighted by atomic mass is 19.1. The molecule has 1 aromatic carbocycles. The summed E-state index contributed by atoms with van der Waals surface area (Å²) in [7, 11) is 0. The largest absolute Gasteiger partial charge is 0.490 e. The van der Waals surface area contributed by atoms with Crippen LogP contribution in [-0.4, -0.2) is 22.2 Å². The molecule has 0 aliphatic rings. The zero-order valence-electron chi connectivity index (χ0n) is 9.64. The summed E-state index contributed by atoms with van der Waals surface area (Å²) in [5, 5.41) is 20.1. The number of nitro groups is 1. The van der Waals surface area contributed by atoms with Crippen LogP contribution in [0.25, 0.3) is 0 Å². The Hall–Kier alpha value is -1.69. The Bertz CT molecular complexity index is 420. The van der Waals surface area contributed by atoms with E-state index in [0.717, 1.165) is 12.1 Å². The number of nitrogens with zero attached hydrogens (tertiary/aromatic N) is 1. The van der Waals surface area contributed by atoms with Crippen LogP contribution in [0.1, 0.15) is 20.3 Å². The molecule has 6 heteroatoms. The molecule has 17 heavy (non-hydrogen) atoms. The number of halogens is 1. The van der Waals surface area contributed by atoms with Crippen molar-refractivity contribution < 1.29 is 19.2 Å². The van der Waals surface area contributed by atoms with Crippen molar-refractivity contribution in [2.45, 2.75) is 25.9 Å². The van der Waals surface area contributed by atoms with Gasteiger partial charge in [-0.15, -0.1) is 0 Å². The predicted molar refractivity (Wildman–Crippen MR) is 59.5 cm³/mol. The van der Waals surface area contributed by atoms with Crippen LogP contribution in [0.4, 0.5) is 10.1 Å². The highest BCUT2D eigenvalue weighted by molar-refractivity contribution is 5.37. The number of rotatable bonds is 5. The third kappa shape index (κ3) is 3.67. The summed E-state index contributed by atoms with van der Waals surface area (Å²) in [6, 6.07) is 3.27. The van der Waals surface area contributed by atoms with Crippen LogP contribution in [0.2, 0.25) is 0 Å². The molecule has 0 fully saturated rings. The summed E-state index contributed by atoms with van der Waals surface area (Å²) in [6.07, 6.45) is 0.489. The van der Waals surface area contributed by atoms with E-state index >= 15 is 0 Å². The molecule has 1 atom stereocenters. The number of benzene rings is 1. The number of hydrogen-bond acceptors (Lipinski definition) is 4. The second kappa shape index (κ2) is 5.09. The second-order valence-corrected chi connectivity index (χ2v) is 4.01. The third-order valence-corrected chi connectivity index (χ3v) is 2.43. The molecule has 0 heterocycles. The fourth-order valence-electron chi connectivity index (χ4n) is 1.07. The smallest absolute Gasteiger partial charge is 0.305 e. The van der Waals surface area contributed by atoms with Gasteiger partial charge in [0.25, 0.3) is 0 Å². The fourth-order valence-corrected chi connectivity index (χ4v) is 1.07. The van der Waals surface area contributed by atoms with Crippen molar-refractivity contribution in [2.75, 3.05) is 6.61 Å². The molecule has 0 aromatic heterocycles. The highest BCUT2D eigenvalue weighted by Gasteiger charge is 2.19. The van der Waals surface area contributed by atoms with Crippen LogP contribution in [-0.2, 0) is 0 Å². The van der Waals surface area contributed by atoms with E-state index in [1.807, 2.05) is 0 Å². The van der Waals surface area contributed by atoms with Gasteiger partial charge in [0.2, 0.25) is 5.82 Å². The molecular formula is C11H14FNO4. The van der Waals surface area contributed by atoms with Crippen molar-refractivity contribution in [3.05, 3.63) is 34.1 Å². The van der Waals surface area contributed by atoms with Gasteiger partial charge in [-0.3, -0.25) is 10.1 Å². The first-order chi connectivity index (χ1) is 7.85. The Morgan fingerprint density at radius 3 is 2.71 bits per heavy atom. The van der Waals surface area contributed by atoms with E-state index in [0.29, 0.717) is 6.42 Å². The lowest BCUT2D eigenvalue weighted by Crippen LogP contribution is -2.31. The van der Waals surface area contributed by atoms with Crippen LogP contribution in [0.15, 0.2) is 18.2 Å². The molecule has 1 unspecified atom stereocenters. The minimum atomic E-state index is -1.00. The van der Waals surface area contributed by atoms with E-state index in [1.165, 1.54) is 6.07 Å². The average Bonchev–Trinajstić information content (AvgIpc) is 2.26. The van der Waals surface area contributed by atoms with Gasteiger partial charge in [-0.1, -0.05) is 6.92 Å². The molecule has 0 saturated heterocycles. The van der Waals surface area contributed by atoms with E-state index in [9.17, 15) is 19.6 Å². The minimum absolute atomic E-state index is 0.000745. The van der Waals surface area contributed by atoms with Gasteiger partial charge in [0.05, 0.1) is 10.5 Å². The first-order valence-electron chi connectivity index (χ1n) is 5.15. The molecule has 0 spiro atoms. The number of hydrogen-bond donors (Lipinski definition) is 1. The van der Waals surface area contributed by atoms with E-state index in [1.54, 1.807) is 13.8 Å². The average molecular weight is 243 g/mol. The normalized spacial score (nSPS) is 14.1. The number of aliphatic hydroxyl groups is 1. The molecule has 0 bridgehead atoms. The maximum atomic E-state index is 13.2. The van der Waals surface area contributed by atoms with Gasteiger partial charge in [0.15, 0.2) is 0 Å². The fraction of sp³-hybridized carbons (Fsp3) is 0.455. The van der Waals surface area contributed by atoms with Crippen molar-refractivity contribution in [1.82, 2.24) is 0 Å². The van der Waals surface area contributed by atoms with Crippen molar-refractivity contribution >= 4 is 5.69 Å². The molecule has 5 nitrogen and oxygen atoms in total. The molecular weight excluding hydrogens is 229 g/mol. The molecule has 0 aliphatic heterocycles. The van der Waals surface area contributed by atoms with Crippen molar-refractivity contribution in [3.63, 3.8) is 0 Å². The van der Waals surface area contributed by atoms with Gasteiger partial charge in [-0.05, 0) is 19.4 Å². The minimum Gasteiger partial charge on any atom is -0.490 e. The first-order valence-corrected chi connectivity index (χ1v) is 5.15. The number of nitro benzene ring substituents is 1. The van der Waals surface area contributed by atoms with Crippen LogP contribution in [0, 0.1) is 15.9 Å². The first kappa shape index (κ1) is 13.4. The maximum absolute atomic E-state index is 13.2. The Morgan fingerprint density at radius 1 is 1.59 bits per heavy atom. The van der Waals surface area contributed by atoms with Crippen molar-refractivity contribution in [1.29, 1.82) is 0 Å². The van der Waals surface area contributed by atoms with Crippen LogP contribution < -0.4 is 4.74 Å². The molecule has 0 aliphatic carbocycles. The third-order valence-electron chi connectivity index (χ3n) is 2.43. The van der Waals surface area contributed by atoms with Crippen LogP contribution in [0.3, 0.4) is 0 Å². The van der Waals surface area contributed by atoms with Gasteiger partial charge in [-0.2, -0.15) is 4.39 Å². The summed E-state index contributed by atoms with van der Waals surface area (Å²) < 4.78 is 18.4. The lowest BCUT2D eigenvalue weighted by Gasteiger charge is -2.21. The van der Waals surface area contributed by atoms with Crippen molar-refractivity contribution in [3.8, 4) is 5.75 Å². The number of ether oxygens (including phenoxy) is 1. The summed E-state index contributed by atoms with van der Waals surface area (Å²) in [6.45, 7) is 3.38.